The van der Waals surface area contributed by atoms with E-state index in [4.69, 9.17) is 4.74 Å². The lowest BCUT2D eigenvalue weighted by Gasteiger charge is -2.26. The molecule has 0 saturated carbocycles. The summed E-state index contributed by atoms with van der Waals surface area (Å²) in [4.78, 5) is 21.2. The van der Waals surface area contributed by atoms with Gasteiger partial charge in [-0.3, -0.25) is 4.79 Å². The number of carbonyl (C=O) groups is 1. The fraction of sp³-hybridized carbons (Fsp3) is 0.400. The Morgan fingerprint density at radius 1 is 1.28 bits per heavy atom. The second-order valence-electron chi connectivity index (χ2n) is 6.61. The molecule has 0 spiro atoms. The summed E-state index contributed by atoms with van der Waals surface area (Å²) in [6.45, 7) is 0.819. The summed E-state index contributed by atoms with van der Waals surface area (Å²) in [5, 5.41) is 0. The Hall–Kier alpha value is -2.56. The van der Waals surface area contributed by atoms with Crippen LogP contribution in [-0.4, -0.2) is 43.5 Å². The molecule has 1 saturated heterocycles. The van der Waals surface area contributed by atoms with Crippen LogP contribution in [0.25, 0.3) is 0 Å². The summed E-state index contributed by atoms with van der Waals surface area (Å²) in [6.07, 6.45) is 4.30. The number of likely N-dealkylation sites (tertiary alicyclic amines) is 1. The number of aromatic nitrogens is 1. The van der Waals surface area contributed by atoms with Crippen molar-refractivity contribution >= 4 is 11.7 Å². The van der Waals surface area contributed by atoms with Crippen LogP contribution in [0.2, 0.25) is 0 Å². The average Bonchev–Trinajstić information content (AvgIpc) is 3.12. The molecule has 1 aromatic heterocycles. The monoisotopic (exact) mass is 339 g/mol. The molecule has 1 fully saturated rings. The van der Waals surface area contributed by atoms with Gasteiger partial charge in [-0.05, 0) is 48.2 Å². The Bertz CT molecular complexity index is 728. The van der Waals surface area contributed by atoms with Gasteiger partial charge in [0.05, 0.1) is 19.6 Å². The van der Waals surface area contributed by atoms with Gasteiger partial charge in [-0.1, -0.05) is 12.1 Å². The quantitative estimate of drug-likeness (QED) is 0.840. The number of pyridine rings is 1. The number of nitrogens with zero attached hydrogens (tertiary/aromatic N) is 3. The van der Waals surface area contributed by atoms with E-state index in [-0.39, 0.29) is 11.9 Å². The first-order chi connectivity index (χ1) is 12.1. The maximum absolute atomic E-state index is 12.8. The lowest BCUT2D eigenvalue weighted by molar-refractivity contribution is -0.131. The Labute approximate surface area is 149 Å². The topological polar surface area (TPSA) is 45.7 Å². The van der Waals surface area contributed by atoms with E-state index >= 15 is 0 Å². The molecule has 1 atom stereocenters. The highest BCUT2D eigenvalue weighted by atomic mass is 16.5. The molecule has 5 nitrogen and oxygen atoms in total. The third-order valence-electron chi connectivity index (χ3n) is 4.70. The van der Waals surface area contributed by atoms with Crippen LogP contribution in [0.1, 0.15) is 30.0 Å². The first kappa shape index (κ1) is 17.3. The molecule has 3 rings (SSSR count). The van der Waals surface area contributed by atoms with Crippen molar-refractivity contribution in [3.8, 4) is 5.75 Å². The number of benzene rings is 1. The highest BCUT2D eigenvalue weighted by molar-refractivity contribution is 5.79. The molecule has 25 heavy (non-hydrogen) atoms. The van der Waals surface area contributed by atoms with Gasteiger partial charge < -0.3 is 14.5 Å². The zero-order chi connectivity index (χ0) is 17.8. The highest BCUT2D eigenvalue weighted by Crippen LogP contribution is 2.33. The van der Waals surface area contributed by atoms with Gasteiger partial charge in [0.15, 0.2) is 0 Å². The van der Waals surface area contributed by atoms with Crippen molar-refractivity contribution in [1.82, 2.24) is 9.88 Å². The summed E-state index contributed by atoms with van der Waals surface area (Å²) in [6, 6.07) is 12.0. The fourth-order valence-electron chi connectivity index (χ4n) is 3.32. The summed E-state index contributed by atoms with van der Waals surface area (Å²) < 4.78 is 5.17. The largest absolute Gasteiger partial charge is 0.497 e. The summed E-state index contributed by atoms with van der Waals surface area (Å²) in [7, 11) is 5.60. The van der Waals surface area contributed by atoms with Gasteiger partial charge >= 0.3 is 0 Å². The van der Waals surface area contributed by atoms with Gasteiger partial charge in [0.25, 0.3) is 0 Å². The standard InChI is InChI=1S/C20H25N3O2/c1-22(2)19-14-16(10-11-21-19)18-5-4-12-23(18)20(24)13-15-6-8-17(25-3)9-7-15/h6-11,14,18H,4-5,12-13H2,1-3H3. The molecule has 1 aliphatic heterocycles. The number of anilines is 1. The minimum atomic E-state index is 0.146. The molecule has 132 valence electrons. The van der Waals surface area contributed by atoms with E-state index in [0.717, 1.165) is 36.5 Å². The molecule has 0 radical (unpaired) electrons. The number of amides is 1. The van der Waals surface area contributed by atoms with E-state index in [0.29, 0.717) is 6.42 Å². The van der Waals surface area contributed by atoms with Crippen molar-refractivity contribution in [3.05, 3.63) is 53.7 Å². The number of hydrogen-bond acceptors (Lipinski definition) is 4. The van der Waals surface area contributed by atoms with Crippen LogP contribution in [0.15, 0.2) is 42.6 Å². The van der Waals surface area contributed by atoms with Crippen molar-refractivity contribution in [2.45, 2.75) is 25.3 Å². The van der Waals surface area contributed by atoms with E-state index in [1.54, 1.807) is 7.11 Å². The molecular weight excluding hydrogens is 314 g/mol. The predicted octanol–water partition coefficient (Wildman–Crippen LogP) is 3.06. The third kappa shape index (κ3) is 3.92. The molecule has 2 aromatic rings. The van der Waals surface area contributed by atoms with Crippen molar-refractivity contribution in [2.75, 3.05) is 32.6 Å². The summed E-state index contributed by atoms with van der Waals surface area (Å²) in [5.74, 6) is 1.91. The van der Waals surface area contributed by atoms with Crippen LogP contribution in [-0.2, 0) is 11.2 Å². The summed E-state index contributed by atoms with van der Waals surface area (Å²) in [5.41, 5.74) is 2.18. The lowest BCUT2D eigenvalue weighted by Crippen LogP contribution is -2.32. The molecule has 1 unspecified atom stereocenters. The van der Waals surface area contributed by atoms with Crippen molar-refractivity contribution < 1.29 is 9.53 Å². The Kier molecular flexibility index (Phi) is 5.22. The van der Waals surface area contributed by atoms with Crippen molar-refractivity contribution in [2.24, 2.45) is 0 Å². The molecule has 1 amide bonds. The molecule has 0 aliphatic carbocycles. The minimum absolute atomic E-state index is 0.146. The second kappa shape index (κ2) is 7.55. The predicted molar refractivity (Wildman–Crippen MR) is 99.0 cm³/mol. The van der Waals surface area contributed by atoms with Gasteiger partial charge in [0, 0.05) is 26.8 Å². The third-order valence-corrected chi connectivity index (χ3v) is 4.70. The number of methoxy groups -OCH3 is 1. The smallest absolute Gasteiger partial charge is 0.227 e. The summed E-state index contributed by atoms with van der Waals surface area (Å²) >= 11 is 0. The van der Waals surface area contributed by atoms with Crippen LogP contribution in [0, 0.1) is 0 Å². The molecule has 0 bridgehead atoms. The molecule has 1 aromatic carbocycles. The lowest BCUT2D eigenvalue weighted by atomic mass is 10.0. The zero-order valence-corrected chi connectivity index (χ0v) is 15.1. The van der Waals surface area contributed by atoms with Crippen LogP contribution < -0.4 is 9.64 Å². The van der Waals surface area contributed by atoms with Gasteiger partial charge in [0.1, 0.15) is 11.6 Å². The molecular formula is C20H25N3O2. The van der Waals surface area contributed by atoms with Crippen LogP contribution in [0.5, 0.6) is 5.75 Å². The number of carbonyl (C=O) groups excluding carboxylic acids is 1. The van der Waals surface area contributed by atoms with Crippen molar-refractivity contribution in [1.29, 1.82) is 0 Å². The normalized spacial score (nSPS) is 16.8. The maximum Gasteiger partial charge on any atom is 0.227 e. The maximum atomic E-state index is 12.8. The van der Waals surface area contributed by atoms with Crippen LogP contribution in [0.4, 0.5) is 5.82 Å². The Balaban J connectivity index is 1.74. The van der Waals surface area contributed by atoms with E-state index in [1.165, 1.54) is 5.56 Å². The second-order valence-corrected chi connectivity index (χ2v) is 6.61. The number of rotatable bonds is 5. The first-order valence-electron chi connectivity index (χ1n) is 8.64. The van der Waals surface area contributed by atoms with E-state index in [1.807, 2.05) is 60.4 Å². The first-order valence-corrected chi connectivity index (χ1v) is 8.64. The van der Waals surface area contributed by atoms with E-state index < -0.39 is 0 Å². The molecule has 5 heteroatoms. The molecule has 0 N–H and O–H groups in total. The Morgan fingerprint density at radius 2 is 2.04 bits per heavy atom. The average molecular weight is 339 g/mol. The molecule has 2 heterocycles. The van der Waals surface area contributed by atoms with Gasteiger partial charge in [-0.2, -0.15) is 0 Å². The van der Waals surface area contributed by atoms with E-state index in [9.17, 15) is 4.79 Å². The van der Waals surface area contributed by atoms with E-state index in [2.05, 4.69) is 11.1 Å². The van der Waals surface area contributed by atoms with Crippen LogP contribution in [0.3, 0.4) is 0 Å². The molecule has 1 aliphatic rings. The number of ether oxygens (including phenoxy) is 1. The SMILES string of the molecule is COc1ccc(CC(=O)N2CCCC2c2ccnc(N(C)C)c2)cc1. The van der Waals surface area contributed by atoms with Crippen LogP contribution >= 0.6 is 0 Å². The minimum Gasteiger partial charge on any atom is -0.497 e. The fourth-order valence-corrected chi connectivity index (χ4v) is 3.32. The van der Waals surface area contributed by atoms with Crippen molar-refractivity contribution in [3.63, 3.8) is 0 Å². The Morgan fingerprint density at radius 3 is 2.72 bits per heavy atom. The number of hydrogen-bond donors (Lipinski definition) is 0. The highest BCUT2D eigenvalue weighted by Gasteiger charge is 2.30. The van der Waals surface area contributed by atoms with Gasteiger partial charge in [0.2, 0.25) is 5.91 Å². The van der Waals surface area contributed by atoms with Gasteiger partial charge in [-0.25, -0.2) is 4.98 Å². The zero-order valence-electron chi connectivity index (χ0n) is 15.1. The van der Waals surface area contributed by atoms with Gasteiger partial charge in [-0.15, -0.1) is 0 Å².